The van der Waals surface area contributed by atoms with E-state index in [-0.39, 0.29) is 0 Å². The zero-order valence-corrected chi connectivity index (χ0v) is 12.0. The number of ether oxygens (including phenoxy) is 2. The van der Waals surface area contributed by atoms with Gasteiger partial charge in [-0.05, 0) is 29.8 Å². The number of methoxy groups -OCH3 is 2. The van der Waals surface area contributed by atoms with Crippen LogP contribution in [0.5, 0.6) is 11.5 Å². The Morgan fingerprint density at radius 2 is 1.76 bits per heavy atom. The minimum Gasteiger partial charge on any atom is -0.497 e. The Hall–Kier alpha value is -2.53. The summed E-state index contributed by atoms with van der Waals surface area (Å²) in [7, 11) is 3.26. The largest absolute Gasteiger partial charge is 0.497 e. The van der Waals surface area contributed by atoms with Crippen LogP contribution in [0.3, 0.4) is 0 Å². The van der Waals surface area contributed by atoms with Crippen molar-refractivity contribution in [1.29, 1.82) is 0 Å². The highest BCUT2D eigenvalue weighted by atomic mass is 16.5. The summed E-state index contributed by atoms with van der Waals surface area (Å²) in [5.41, 5.74) is 9.52. The molecule has 5 nitrogen and oxygen atoms in total. The zero-order chi connectivity index (χ0) is 14.8. The molecule has 0 unspecified atom stereocenters. The summed E-state index contributed by atoms with van der Waals surface area (Å²) < 4.78 is 10.6. The van der Waals surface area contributed by atoms with Crippen LogP contribution in [0.2, 0.25) is 0 Å². The molecule has 0 atom stereocenters. The Labute approximate surface area is 122 Å². The highest BCUT2D eigenvalue weighted by molar-refractivity contribution is 5.80. The molecule has 0 spiro atoms. The summed E-state index contributed by atoms with van der Waals surface area (Å²) in [6.07, 6.45) is 0. The van der Waals surface area contributed by atoms with Gasteiger partial charge in [-0.15, -0.1) is 0 Å². The van der Waals surface area contributed by atoms with Crippen LogP contribution in [0.4, 0.5) is 0 Å². The maximum absolute atomic E-state index is 5.67. The second-order valence-electron chi connectivity index (χ2n) is 4.74. The van der Waals surface area contributed by atoms with Crippen LogP contribution >= 0.6 is 0 Å². The van der Waals surface area contributed by atoms with Crippen molar-refractivity contribution < 1.29 is 9.47 Å². The molecule has 0 radical (unpaired) electrons. The van der Waals surface area contributed by atoms with Crippen molar-refractivity contribution in [3.05, 3.63) is 42.0 Å². The van der Waals surface area contributed by atoms with E-state index >= 15 is 0 Å². The fraction of sp³-hybridized carbons (Fsp3) is 0.188. The number of nitrogens with one attached hydrogen (secondary N) is 1. The van der Waals surface area contributed by atoms with Gasteiger partial charge < -0.3 is 20.2 Å². The Morgan fingerprint density at radius 3 is 2.38 bits per heavy atom. The number of nitrogens with two attached hydrogens (primary N) is 1. The molecule has 0 amide bonds. The summed E-state index contributed by atoms with van der Waals surface area (Å²) in [6, 6.07) is 11.6. The van der Waals surface area contributed by atoms with Gasteiger partial charge in [-0.3, -0.25) is 0 Å². The quantitative estimate of drug-likeness (QED) is 0.772. The molecule has 0 aliphatic rings. The summed E-state index contributed by atoms with van der Waals surface area (Å²) in [5, 5.41) is 0. The molecule has 3 aromatic rings. The van der Waals surface area contributed by atoms with Crippen LogP contribution in [0.25, 0.3) is 22.4 Å². The number of imidazole rings is 1. The highest BCUT2D eigenvalue weighted by Gasteiger charge is 2.09. The second kappa shape index (κ2) is 5.46. The molecule has 0 fully saturated rings. The van der Waals surface area contributed by atoms with Crippen LogP contribution in [-0.2, 0) is 6.54 Å². The molecule has 3 N–H and O–H groups in total. The maximum atomic E-state index is 5.67. The average Bonchev–Trinajstić information content (AvgIpc) is 2.97. The van der Waals surface area contributed by atoms with Gasteiger partial charge in [-0.2, -0.15) is 0 Å². The monoisotopic (exact) mass is 283 g/mol. The minimum absolute atomic E-state index is 0.511. The molecule has 0 saturated heterocycles. The van der Waals surface area contributed by atoms with E-state index in [1.54, 1.807) is 14.2 Å². The molecule has 0 bridgehead atoms. The highest BCUT2D eigenvalue weighted by Crippen LogP contribution is 2.29. The Kier molecular flexibility index (Phi) is 3.50. The second-order valence-corrected chi connectivity index (χ2v) is 4.74. The molecule has 108 valence electrons. The van der Waals surface area contributed by atoms with Gasteiger partial charge in [0.1, 0.15) is 17.3 Å². The van der Waals surface area contributed by atoms with E-state index < -0.39 is 0 Å². The standard InChI is InChI=1S/C16H17N3O2/c1-20-12-6-11(7-13(8-12)21-2)16-18-14-4-3-10(9-17)5-15(14)19-16/h3-8H,9,17H2,1-2H3,(H,18,19). The smallest absolute Gasteiger partial charge is 0.138 e. The predicted molar refractivity (Wildman–Crippen MR) is 82.5 cm³/mol. The van der Waals surface area contributed by atoms with E-state index in [1.807, 2.05) is 36.4 Å². The first-order valence-corrected chi connectivity index (χ1v) is 6.65. The number of hydrogen-bond donors (Lipinski definition) is 2. The van der Waals surface area contributed by atoms with E-state index in [0.717, 1.165) is 39.5 Å². The Morgan fingerprint density at radius 1 is 1.05 bits per heavy atom. The van der Waals surface area contributed by atoms with Gasteiger partial charge in [-0.25, -0.2) is 4.98 Å². The number of benzene rings is 2. The first-order chi connectivity index (χ1) is 10.2. The minimum atomic E-state index is 0.511. The lowest BCUT2D eigenvalue weighted by Gasteiger charge is -2.06. The molecule has 0 saturated carbocycles. The lowest BCUT2D eigenvalue weighted by Crippen LogP contribution is -1.95. The number of fused-ring (bicyclic) bond motifs is 1. The van der Waals surface area contributed by atoms with Gasteiger partial charge in [0.05, 0.1) is 25.3 Å². The predicted octanol–water partition coefficient (Wildman–Crippen LogP) is 2.71. The van der Waals surface area contributed by atoms with Crippen molar-refractivity contribution in [2.24, 2.45) is 5.73 Å². The van der Waals surface area contributed by atoms with Crippen LogP contribution in [-0.4, -0.2) is 24.2 Å². The molecule has 5 heteroatoms. The van der Waals surface area contributed by atoms with Gasteiger partial charge in [0.2, 0.25) is 0 Å². The van der Waals surface area contributed by atoms with E-state index in [4.69, 9.17) is 15.2 Å². The summed E-state index contributed by atoms with van der Waals surface area (Å²) in [4.78, 5) is 7.91. The third-order valence-electron chi connectivity index (χ3n) is 3.41. The van der Waals surface area contributed by atoms with Crippen molar-refractivity contribution in [1.82, 2.24) is 9.97 Å². The molecule has 21 heavy (non-hydrogen) atoms. The van der Waals surface area contributed by atoms with Crippen molar-refractivity contribution in [2.75, 3.05) is 14.2 Å². The molecule has 3 rings (SSSR count). The lowest BCUT2D eigenvalue weighted by molar-refractivity contribution is 0.394. The van der Waals surface area contributed by atoms with E-state index in [0.29, 0.717) is 6.54 Å². The van der Waals surface area contributed by atoms with E-state index in [9.17, 15) is 0 Å². The van der Waals surface area contributed by atoms with Crippen LogP contribution < -0.4 is 15.2 Å². The number of rotatable bonds is 4. The Balaban J connectivity index is 2.11. The topological polar surface area (TPSA) is 73.2 Å². The molecule has 0 aliphatic heterocycles. The number of aromatic amines is 1. The number of hydrogen-bond acceptors (Lipinski definition) is 4. The summed E-state index contributed by atoms with van der Waals surface area (Å²) in [6.45, 7) is 0.511. The fourth-order valence-electron chi connectivity index (χ4n) is 2.26. The third kappa shape index (κ3) is 2.55. The van der Waals surface area contributed by atoms with Gasteiger partial charge in [-0.1, -0.05) is 6.07 Å². The number of aromatic nitrogens is 2. The van der Waals surface area contributed by atoms with Crippen LogP contribution in [0.15, 0.2) is 36.4 Å². The van der Waals surface area contributed by atoms with E-state index in [1.165, 1.54) is 0 Å². The molecule has 0 aliphatic carbocycles. The number of nitrogens with zero attached hydrogens (tertiary/aromatic N) is 1. The van der Waals surface area contributed by atoms with Crippen molar-refractivity contribution in [3.63, 3.8) is 0 Å². The van der Waals surface area contributed by atoms with Gasteiger partial charge in [0, 0.05) is 18.2 Å². The van der Waals surface area contributed by atoms with Crippen LogP contribution in [0, 0.1) is 0 Å². The molecule has 1 heterocycles. The first-order valence-electron chi connectivity index (χ1n) is 6.65. The lowest BCUT2D eigenvalue weighted by atomic mass is 10.2. The Bertz CT molecular complexity index is 758. The molecular weight excluding hydrogens is 266 g/mol. The molecule has 1 aromatic heterocycles. The third-order valence-corrected chi connectivity index (χ3v) is 3.41. The summed E-state index contributed by atoms with van der Waals surface area (Å²) >= 11 is 0. The van der Waals surface area contributed by atoms with Crippen molar-refractivity contribution in [3.8, 4) is 22.9 Å². The van der Waals surface area contributed by atoms with Gasteiger partial charge in [0.15, 0.2) is 0 Å². The average molecular weight is 283 g/mol. The molecular formula is C16H17N3O2. The van der Waals surface area contributed by atoms with Crippen molar-refractivity contribution in [2.45, 2.75) is 6.54 Å². The van der Waals surface area contributed by atoms with Crippen molar-refractivity contribution >= 4 is 11.0 Å². The van der Waals surface area contributed by atoms with Gasteiger partial charge >= 0.3 is 0 Å². The van der Waals surface area contributed by atoms with Crippen LogP contribution in [0.1, 0.15) is 5.56 Å². The van der Waals surface area contributed by atoms with Gasteiger partial charge in [0.25, 0.3) is 0 Å². The normalized spacial score (nSPS) is 10.8. The zero-order valence-electron chi connectivity index (χ0n) is 12.0. The first kappa shape index (κ1) is 13.5. The SMILES string of the molecule is COc1cc(OC)cc(-c2nc3ccc(CN)cc3[nH]2)c1. The fourth-order valence-corrected chi connectivity index (χ4v) is 2.26. The summed E-state index contributed by atoms with van der Waals surface area (Å²) in [5.74, 6) is 2.23. The molecule has 2 aromatic carbocycles. The number of H-pyrrole nitrogens is 1. The van der Waals surface area contributed by atoms with E-state index in [2.05, 4.69) is 9.97 Å². The maximum Gasteiger partial charge on any atom is 0.138 e.